The van der Waals surface area contributed by atoms with Gasteiger partial charge in [-0.15, -0.1) is 0 Å². The standard InChI is InChI=1S/C12H23N3O2/c13-11(16)7-8-14-9-12(17)15-10-5-3-1-2-4-6-10/h10,14H,1-9H2,(H2,13,16)(H,15,17). The van der Waals surface area contributed by atoms with Crippen molar-refractivity contribution in [2.45, 2.75) is 51.0 Å². The third kappa shape index (κ3) is 6.94. The minimum atomic E-state index is -0.346. The van der Waals surface area contributed by atoms with Gasteiger partial charge in [-0.3, -0.25) is 9.59 Å². The quantitative estimate of drug-likeness (QED) is 0.461. The summed E-state index contributed by atoms with van der Waals surface area (Å²) in [5, 5.41) is 5.94. The zero-order chi connectivity index (χ0) is 12.5. The van der Waals surface area contributed by atoms with Crippen LogP contribution in [0.5, 0.6) is 0 Å². The van der Waals surface area contributed by atoms with E-state index >= 15 is 0 Å². The Balaban J connectivity index is 2.08. The first-order valence-corrected chi connectivity index (χ1v) is 6.47. The Bertz CT molecular complexity index is 248. The maximum atomic E-state index is 11.6. The highest BCUT2D eigenvalue weighted by atomic mass is 16.2. The van der Waals surface area contributed by atoms with Crippen LogP contribution >= 0.6 is 0 Å². The highest BCUT2D eigenvalue weighted by Gasteiger charge is 2.14. The number of hydrogen-bond acceptors (Lipinski definition) is 3. The van der Waals surface area contributed by atoms with Crippen molar-refractivity contribution in [1.82, 2.24) is 10.6 Å². The topological polar surface area (TPSA) is 84.2 Å². The van der Waals surface area contributed by atoms with E-state index in [1.165, 1.54) is 25.7 Å². The average Bonchev–Trinajstić information content (AvgIpc) is 2.53. The fourth-order valence-electron chi connectivity index (χ4n) is 2.12. The van der Waals surface area contributed by atoms with Crippen LogP contribution in [-0.4, -0.2) is 30.9 Å². The van der Waals surface area contributed by atoms with Gasteiger partial charge < -0.3 is 16.4 Å². The molecule has 2 amide bonds. The number of carbonyl (C=O) groups is 2. The summed E-state index contributed by atoms with van der Waals surface area (Å²) < 4.78 is 0. The first-order chi connectivity index (χ1) is 8.18. The normalized spacial score (nSPS) is 17.4. The molecule has 0 unspecified atom stereocenters. The molecule has 5 nitrogen and oxygen atoms in total. The van der Waals surface area contributed by atoms with Gasteiger partial charge >= 0.3 is 0 Å². The van der Waals surface area contributed by atoms with E-state index in [0.29, 0.717) is 12.6 Å². The van der Waals surface area contributed by atoms with Crippen LogP contribution in [0.25, 0.3) is 0 Å². The number of hydrogen-bond donors (Lipinski definition) is 3. The Morgan fingerprint density at radius 3 is 2.35 bits per heavy atom. The summed E-state index contributed by atoms with van der Waals surface area (Å²) in [6.45, 7) is 0.733. The molecule has 1 saturated carbocycles. The van der Waals surface area contributed by atoms with Crippen molar-refractivity contribution in [3.05, 3.63) is 0 Å². The monoisotopic (exact) mass is 241 g/mol. The van der Waals surface area contributed by atoms with Crippen LogP contribution in [0.4, 0.5) is 0 Å². The minimum Gasteiger partial charge on any atom is -0.370 e. The Kier molecular flexibility index (Phi) is 6.62. The largest absolute Gasteiger partial charge is 0.370 e. The van der Waals surface area contributed by atoms with E-state index in [0.717, 1.165) is 12.8 Å². The maximum Gasteiger partial charge on any atom is 0.234 e. The summed E-state index contributed by atoms with van der Waals surface area (Å²) in [6, 6.07) is 0.336. The Morgan fingerprint density at radius 1 is 1.12 bits per heavy atom. The maximum absolute atomic E-state index is 11.6. The van der Waals surface area contributed by atoms with E-state index in [2.05, 4.69) is 10.6 Å². The lowest BCUT2D eigenvalue weighted by Crippen LogP contribution is -2.40. The fraction of sp³-hybridized carbons (Fsp3) is 0.833. The molecule has 0 aromatic rings. The summed E-state index contributed by atoms with van der Waals surface area (Å²) in [4.78, 5) is 22.1. The van der Waals surface area contributed by atoms with Gasteiger partial charge in [0, 0.05) is 19.0 Å². The average molecular weight is 241 g/mol. The molecule has 0 heterocycles. The molecular formula is C12H23N3O2. The van der Waals surface area contributed by atoms with Crippen molar-refractivity contribution in [2.75, 3.05) is 13.1 Å². The van der Waals surface area contributed by atoms with Gasteiger partial charge in [0.05, 0.1) is 6.54 Å². The van der Waals surface area contributed by atoms with Crippen LogP contribution in [0.1, 0.15) is 44.9 Å². The molecule has 0 atom stereocenters. The number of primary amides is 1. The molecular weight excluding hydrogens is 218 g/mol. The molecule has 1 aliphatic rings. The van der Waals surface area contributed by atoms with Gasteiger partial charge in [0.1, 0.15) is 0 Å². The van der Waals surface area contributed by atoms with Gasteiger partial charge in [0.2, 0.25) is 11.8 Å². The molecule has 0 spiro atoms. The Hall–Kier alpha value is -1.10. The minimum absolute atomic E-state index is 0.0152. The molecule has 0 aliphatic heterocycles. The molecule has 0 aromatic carbocycles. The van der Waals surface area contributed by atoms with Crippen LogP contribution in [0.3, 0.4) is 0 Å². The molecule has 17 heavy (non-hydrogen) atoms. The van der Waals surface area contributed by atoms with Gasteiger partial charge in [-0.2, -0.15) is 0 Å². The molecule has 0 radical (unpaired) electrons. The SMILES string of the molecule is NC(=O)CCNCC(=O)NC1CCCCCC1. The van der Waals surface area contributed by atoms with E-state index in [-0.39, 0.29) is 24.8 Å². The van der Waals surface area contributed by atoms with Crippen molar-refractivity contribution < 1.29 is 9.59 Å². The lowest BCUT2D eigenvalue weighted by molar-refractivity contribution is -0.121. The second kappa shape index (κ2) is 8.06. The lowest BCUT2D eigenvalue weighted by atomic mass is 10.1. The van der Waals surface area contributed by atoms with Gasteiger partial charge in [-0.1, -0.05) is 25.7 Å². The van der Waals surface area contributed by atoms with Crippen molar-refractivity contribution in [2.24, 2.45) is 5.73 Å². The summed E-state index contributed by atoms with van der Waals surface area (Å²) >= 11 is 0. The molecule has 1 rings (SSSR count). The van der Waals surface area contributed by atoms with Crippen LogP contribution in [-0.2, 0) is 9.59 Å². The molecule has 98 valence electrons. The van der Waals surface area contributed by atoms with Crippen LogP contribution in [0.2, 0.25) is 0 Å². The van der Waals surface area contributed by atoms with Gasteiger partial charge in [-0.05, 0) is 12.8 Å². The van der Waals surface area contributed by atoms with E-state index < -0.39 is 0 Å². The molecule has 1 aliphatic carbocycles. The summed E-state index contributed by atoms with van der Waals surface area (Å²) in [6.07, 6.45) is 7.43. The van der Waals surface area contributed by atoms with E-state index in [9.17, 15) is 9.59 Å². The highest BCUT2D eigenvalue weighted by molar-refractivity contribution is 5.78. The Labute approximate surface area is 103 Å². The molecule has 0 saturated heterocycles. The predicted octanol–water partition coefficient (Wildman–Crippen LogP) is 0.290. The summed E-state index contributed by atoms with van der Waals surface area (Å²) in [5.41, 5.74) is 5.00. The third-order valence-electron chi connectivity index (χ3n) is 3.05. The van der Waals surface area contributed by atoms with E-state index in [4.69, 9.17) is 5.73 Å². The molecule has 0 bridgehead atoms. The predicted molar refractivity (Wildman–Crippen MR) is 66.3 cm³/mol. The van der Waals surface area contributed by atoms with Crippen molar-refractivity contribution >= 4 is 11.8 Å². The Morgan fingerprint density at radius 2 is 1.76 bits per heavy atom. The highest BCUT2D eigenvalue weighted by Crippen LogP contribution is 2.16. The fourth-order valence-corrected chi connectivity index (χ4v) is 2.12. The smallest absolute Gasteiger partial charge is 0.234 e. The molecule has 4 N–H and O–H groups in total. The number of nitrogens with two attached hydrogens (primary N) is 1. The van der Waals surface area contributed by atoms with Gasteiger partial charge in [0.15, 0.2) is 0 Å². The lowest BCUT2D eigenvalue weighted by Gasteiger charge is -2.16. The van der Waals surface area contributed by atoms with E-state index in [1.807, 2.05) is 0 Å². The second-order valence-corrected chi connectivity index (χ2v) is 4.65. The summed E-state index contributed by atoms with van der Waals surface area (Å²) in [5.74, 6) is -0.331. The van der Waals surface area contributed by atoms with Crippen molar-refractivity contribution in [1.29, 1.82) is 0 Å². The van der Waals surface area contributed by atoms with Crippen molar-refractivity contribution in [3.63, 3.8) is 0 Å². The number of carbonyl (C=O) groups excluding carboxylic acids is 2. The molecule has 0 aromatic heterocycles. The second-order valence-electron chi connectivity index (χ2n) is 4.65. The number of rotatable bonds is 6. The van der Waals surface area contributed by atoms with Crippen LogP contribution < -0.4 is 16.4 Å². The van der Waals surface area contributed by atoms with Crippen LogP contribution in [0, 0.1) is 0 Å². The van der Waals surface area contributed by atoms with Gasteiger partial charge in [0.25, 0.3) is 0 Å². The van der Waals surface area contributed by atoms with Crippen LogP contribution in [0.15, 0.2) is 0 Å². The molecule has 1 fully saturated rings. The van der Waals surface area contributed by atoms with Gasteiger partial charge in [-0.25, -0.2) is 0 Å². The first kappa shape index (κ1) is 14.0. The molecule has 5 heteroatoms. The number of nitrogens with one attached hydrogen (secondary N) is 2. The summed E-state index contributed by atoms with van der Waals surface area (Å²) in [7, 11) is 0. The van der Waals surface area contributed by atoms with E-state index in [1.54, 1.807) is 0 Å². The zero-order valence-electron chi connectivity index (χ0n) is 10.3. The van der Waals surface area contributed by atoms with Crippen molar-refractivity contribution in [3.8, 4) is 0 Å². The third-order valence-corrected chi connectivity index (χ3v) is 3.05. The zero-order valence-corrected chi connectivity index (χ0v) is 10.3. The first-order valence-electron chi connectivity index (χ1n) is 6.47. The number of amides is 2.